The summed E-state index contributed by atoms with van der Waals surface area (Å²) in [5.74, 6) is 0.198. The van der Waals surface area contributed by atoms with E-state index < -0.39 is 0 Å². The number of Topliss-reactive ketones (excluding diaryl/α,β-unsaturated/α-hetero) is 1. The van der Waals surface area contributed by atoms with Gasteiger partial charge in [0, 0.05) is 18.8 Å². The third-order valence-electron chi connectivity index (χ3n) is 1.11. The number of carbonyl (C=O) groups excluding carboxylic acids is 1. The van der Waals surface area contributed by atoms with E-state index in [1.807, 2.05) is 6.92 Å². The van der Waals surface area contributed by atoms with Crippen molar-refractivity contribution in [3.05, 3.63) is 23.8 Å². The SMILES string of the molecule is CC(=O)c1nccc(C)n1. The summed E-state index contributed by atoms with van der Waals surface area (Å²) in [6.07, 6.45) is 1.58. The highest BCUT2D eigenvalue weighted by Gasteiger charge is 1.99. The van der Waals surface area contributed by atoms with Crippen LogP contribution in [-0.2, 0) is 0 Å². The Hall–Kier alpha value is -1.25. The molecule has 0 radical (unpaired) electrons. The smallest absolute Gasteiger partial charge is 0.196 e. The van der Waals surface area contributed by atoms with Crippen LogP contribution in [0.5, 0.6) is 0 Å². The molecule has 0 fully saturated rings. The Kier molecular flexibility index (Phi) is 1.76. The second kappa shape index (κ2) is 2.56. The first kappa shape index (κ1) is 6.86. The van der Waals surface area contributed by atoms with Crippen molar-refractivity contribution in [2.45, 2.75) is 13.8 Å². The number of carbonyl (C=O) groups is 1. The third kappa shape index (κ3) is 1.37. The van der Waals surface area contributed by atoms with Crippen LogP contribution in [0.2, 0.25) is 0 Å². The van der Waals surface area contributed by atoms with Gasteiger partial charge in [0.05, 0.1) is 0 Å². The zero-order valence-corrected chi connectivity index (χ0v) is 5.96. The molecule has 1 aromatic heterocycles. The maximum Gasteiger partial charge on any atom is 0.196 e. The van der Waals surface area contributed by atoms with E-state index in [4.69, 9.17) is 0 Å². The van der Waals surface area contributed by atoms with Crippen LogP contribution in [0, 0.1) is 6.92 Å². The average molecular weight is 136 g/mol. The molecule has 0 saturated heterocycles. The van der Waals surface area contributed by atoms with E-state index in [2.05, 4.69) is 9.97 Å². The Balaban J connectivity index is 3.07. The first-order chi connectivity index (χ1) is 4.70. The molecule has 0 aliphatic carbocycles. The van der Waals surface area contributed by atoms with E-state index in [-0.39, 0.29) is 5.78 Å². The van der Waals surface area contributed by atoms with Gasteiger partial charge in [-0.05, 0) is 13.0 Å². The summed E-state index contributed by atoms with van der Waals surface area (Å²) >= 11 is 0. The average Bonchev–Trinajstić information content (AvgIpc) is 1.88. The fourth-order valence-corrected chi connectivity index (χ4v) is 0.619. The monoisotopic (exact) mass is 136 g/mol. The Labute approximate surface area is 59.1 Å². The van der Waals surface area contributed by atoms with Crippen LogP contribution in [-0.4, -0.2) is 15.8 Å². The molecule has 1 heterocycles. The summed E-state index contributed by atoms with van der Waals surface area (Å²) in [5.41, 5.74) is 0.820. The third-order valence-corrected chi connectivity index (χ3v) is 1.11. The molecule has 0 N–H and O–H groups in total. The van der Waals surface area contributed by atoms with Crippen molar-refractivity contribution >= 4 is 5.78 Å². The Morgan fingerprint density at radius 1 is 1.60 bits per heavy atom. The van der Waals surface area contributed by atoms with Crippen LogP contribution in [0.3, 0.4) is 0 Å². The summed E-state index contributed by atoms with van der Waals surface area (Å²) in [4.78, 5) is 18.4. The van der Waals surface area contributed by atoms with Crippen LogP contribution in [0.25, 0.3) is 0 Å². The predicted octanol–water partition coefficient (Wildman–Crippen LogP) is 0.988. The summed E-state index contributed by atoms with van der Waals surface area (Å²) in [6.45, 7) is 3.28. The lowest BCUT2D eigenvalue weighted by atomic mass is 10.4. The molecule has 0 atom stereocenters. The van der Waals surface area contributed by atoms with Crippen LogP contribution in [0.4, 0.5) is 0 Å². The molecule has 1 rings (SSSR count). The summed E-state index contributed by atoms with van der Waals surface area (Å²) in [5, 5.41) is 0. The molecule has 0 bridgehead atoms. The van der Waals surface area contributed by atoms with Crippen molar-refractivity contribution in [3.63, 3.8) is 0 Å². The Morgan fingerprint density at radius 3 is 2.70 bits per heavy atom. The highest BCUT2D eigenvalue weighted by atomic mass is 16.1. The lowest BCUT2D eigenvalue weighted by Gasteiger charge is -1.92. The fraction of sp³-hybridized carbons (Fsp3) is 0.286. The van der Waals surface area contributed by atoms with Gasteiger partial charge in [0.2, 0.25) is 0 Å². The molecular weight excluding hydrogens is 128 g/mol. The van der Waals surface area contributed by atoms with Gasteiger partial charge in [-0.15, -0.1) is 0 Å². The van der Waals surface area contributed by atoms with Gasteiger partial charge in [0.15, 0.2) is 11.6 Å². The molecule has 0 spiro atoms. The van der Waals surface area contributed by atoms with Gasteiger partial charge >= 0.3 is 0 Å². The zero-order valence-electron chi connectivity index (χ0n) is 5.96. The van der Waals surface area contributed by atoms with Crippen LogP contribution >= 0.6 is 0 Å². The van der Waals surface area contributed by atoms with E-state index in [0.717, 1.165) is 5.69 Å². The first-order valence-electron chi connectivity index (χ1n) is 3.01. The quantitative estimate of drug-likeness (QED) is 0.540. The minimum atomic E-state index is -0.0938. The molecule has 3 heteroatoms. The number of aromatic nitrogens is 2. The van der Waals surface area contributed by atoms with E-state index in [9.17, 15) is 4.79 Å². The van der Waals surface area contributed by atoms with Gasteiger partial charge in [0.25, 0.3) is 0 Å². The van der Waals surface area contributed by atoms with Crippen molar-refractivity contribution in [3.8, 4) is 0 Å². The highest BCUT2D eigenvalue weighted by Crippen LogP contribution is 1.93. The van der Waals surface area contributed by atoms with Crippen molar-refractivity contribution in [2.24, 2.45) is 0 Å². The fourth-order valence-electron chi connectivity index (χ4n) is 0.619. The number of rotatable bonds is 1. The molecule has 0 aromatic carbocycles. The number of nitrogens with zero attached hydrogens (tertiary/aromatic N) is 2. The van der Waals surface area contributed by atoms with Gasteiger partial charge < -0.3 is 0 Å². The molecule has 52 valence electrons. The molecule has 0 amide bonds. The first-order valence-corrected chi connectivity index (χ1v) is 3.01. The molecular formula is C7H8N2O. The van der Waals surface area contributed by atoms with Gasteiger partial charge in [-0.3, -0.25) is 4.79 Å². The molecule has 0 saturated carbocycles. The molecule has 1 aromatic rings. The van der Waals surface area contributed by atoms with E-state index in [1.165, 1.54) is 6.92 Å². The molecule has 10 heavy (non-hydrogen) atoms. The van der Waals surface area contributed by atoms with Crippen LogP contribution < -0.4 is 0 Å². The number of ketones is 1. The van der Waals surface area contributed by atoms with Crippen molar-refractivity contribution < 1.29 is 4.79 Å². The minimum Gasteiger partial charge on any atom is -0.291 e. The minimum absolute atomic E-state index is 0.0938. The predicted molar refractivity (Wildman–Crippen MR) is 36.8 cm³/mol. The molecule has 0 aliphatic rings. The lowest BCUT2D eigenvalue weighted by molar-refractivity contribution is 0.100. The molecule has 3 nitrogen and oxygen atoms in total. The number of hydrogen-bond donors (Lipinski definition) is 0. The Bertz CT molecular complexity index is 258. The number of aryl methyl sites for hydroxylation is 1. The summed E-state index contributed by atoms with van der Waals surface area (Å²) in [6, 6.07) is 1.76. The van der Waals surface area contributed by atoms with Crippen LogP contribution in [0.1, 0.15) is 23.2 Å². The standard InChI is InChI=1S/C7H8N2O/c1-5-3-4-8-7(9-5)6(2)10/h3-4H,1-2H3. The second-order valence-corrected chi connectivity index (χ2v) is 2.08. The molecule has 0 aliphatic heterocycles. The largest absolute Gasteiger partial charge is 0.291 e. The van der Waals surface area contributed by atoms with Gasteiger partial charge in [-0.2, -0.15) is 0 Å². The van der Waals surface area contributed by atoms with Gasteiger partial charge in [-0.1, -0.05) is 0 Å². The van der Waals surface area contributed by atoms with Gasteiger partial charge in [0.1, 0.15) is 0 Å². The maximum atomic E-state index is 10.7. The van der Waals surface area contributed by atoms with Crippen molar-refractivity contribution in [1.29, 1.82) is 0 Å². The van der Waals surface area contributed by atoms with Crippen molar-refractivity contribution in [2.75, 3.05) is 0 Å². The normalized spacial score (nSPS) is 9.40. The topological polar surface area (TPSA) is 42.9 Å². The lowest BCUT2D eigenvalue weighted by Crippen LogP contribution is -2.00. The second-order valence-electron chi connectivity index (χ2n) is 2.08. The summed E-state index contributed by atoms with van der Waals surface area (Å²) in [7, 11) is 0. The van der Waals surface area contributed by atoms with Crippen LogP contribution in [0.15, 0.2) is 12.3 Å². The van der Waals surface area contributed by atoms with Gasteiger partial charge in [-0.25, -0.2) is 9.97 Å². The molecule has 0 unspecified atom stereocenters. The Morgan fingerprint density at radius 2 is 2.30 bits per heavy atom. The highest BCUT2D eigenvalue weighted by molar-refractivity contribution is 5.90. The summed E-state index contributed by atoms with van der Waals surface area (Å²) < 4.78 is 0. The zero-order chi connectivity index (χ0) is 7.56. The van der Waals surface area contributed by atoms with E-state index in [0.29, 0.717) is 5.82 Å². The van der Waals surface area contributed by atoms with Crippen molar-refractivity contribution in [1.82, 2.24) is 9.97 Å². The maximum absolute atomic E-state index is 10.7. The van der Waals surface area contributed by atoms with E-state index in [1.54, 1.807) is 12.3 Å². The number of hydrogen-bond acceptors (Lipinski definition) is 3. The van der Waals surface area contributed by atoms with E-state index >= 15 is 0 Å².